The van der Waals surface area contributed by atoms with Crippen molar-refractivity contribution in [1.29, 1.82) is 0 Å². The van der Waals surface area contributed by atoms with Gasteiger partial charge in [0.1, 0.15) is 0 Å². The summed E-state index contributed by atoms with van der Waals surface area (Å²) in [6, 6.07) is 10.4. The van der Waals surface area contributed by atoms with Crippen LogP contribution in [0.25, 0.3) is 6.08 Å². The molecule has 2 rings (SSSR count). The van der Waals surface area contributed by atoms with Crippen LogP contribution in [0.3, 0.4) is 0 Å². The molecule has 2 nitrogen and oxygen atoms in total. The summed E-state index contributed by atoms with van der Waals surface area (Å²) in [6.07, 6.45) is 7.15. The normalized spacial score (nSPS) is 19.4. The average molecular weight is 254 g/mol. The van der Waals surface area contributed by atoms with Crippen LogP contribution in [-0.2, 0) is 4.74 Å². The van der Waals surface area contributed by atoms with E-state index in [9.17, 15) is 0 Å². The predicted octanol–water partition coefficient (Wildman–Crippen LogP) is 2.89. The lowest BCUT2D eigenvalue weighted by Gasteiger charge is -2.08. The fourth-order valence-corrected chi connectivity index (χ4v) is 1.89. The maximum Gasteiger partial charge on any atom is 0.0700 e. The van der Waals surface area contributed by atoms with E-state index in [1.54, 1.807) is 0 Å². The maximum atomic E-state index is 5.53. The van der Waals surface area contributed by atoms with E-state index in [0.29, 0.717) is 6.10 Å². The van der Waals surface area contributed by atoms with Gasteiger partial charge in [-0.2, -0.15) is 0 Å². The van der Waals surface area contributed by atoms with E-state index in [4.69, 9.17) is 4.74 Å². The summed E-state index contributed by atoms with van der Waals surface area (Å²) in [5.74, 6) is 0. The van der Waals surface area contributed by atoms with Gasteiger partial charge in [0.2, 0.25) is 0 Å². The lowest BCUT2D eigenvalue weighted by atomic mass is 10.2. The lowest BCUT2D eigenvalue weighted by Crippen LogP contribution is -2.26. The van der Waals surface area contributed by atoms with Crippen molar-refractivity contribution in [3.05, 3.63) is 42.0 Å². The van der Waals surface area contributed by atoms with Crippen LogP contribution >= 0.6 is 12.4 Å². The minimum atomic E-state index is 0. The molecule has 1 saturated heterocycles. The maximum absolute atomic E-state index is 5.53. The van der Waals surface area contributed by atoms with Gasteiger partial charge in [-0.15, -0.1) is 12.4 Å². The van der Waals surface area contributed by atoms with Gasteiger partial charge in [0.05, 0.1) is 6.10 Å². The summed E-state index contributed by atoms with van der Waals surface area (Å²) in [5.41, 5.74) is 1.25. The Hall–Kier alpha value is -0.830. The van der Waals surface area contributed by atoms with Gasteiger partial charge in [0, 0.05) is 19.7 Å². The second kappa shape index (κ2) is 8.29. The van der Waals surface area contributed by atoms with Crippen molar-refractivity contribution in [3.8, 4) is 0 Å². The first-order valence-corrected chi connectivity index (χ1v) is 5.99. The molecule has 17 heavy (non-hydrogen) atoms. The molecular weight excluding hydrogens is 234 g/mol. The second-order valence-electron chi connectivity index (χ2n) is 4.11. The molecule has 3 heteroatoms. The molecule has 0 amide bonds. The Kier molecular flexibility index (Phi) is 6.94. The predicted molar refractivity (Wildman–Crippen MR) is 74.6 cm³/mol. The molecule has 0 bridgehead atoms. The molecule has 1 atom stereocenters. The minimum absolute atomic E-state index is 0. The van der Waals surface area contributed by atoms with Crippen LogP contribution in [0.1, 0.15) is 18.4 Å². The first-order valence-electron chi connectivity index (χ1n) is 5.99. The molecule has 1 aliphatic rings. The van der Waals surface area contributed by atoms with E-state index in [2.05, 4.69) is 41.7 Å². The number of hydrogen-bond acceptors (Lipinski definition) is 2. The van der Waals surface area contributed by atoms with Crippen LogP contribution in [0.5, 0.6) is 0 Å². The third-order valence-corrected chi connectivity index (χ3v) is 2.77. The summed E-state index contributed by atoms with van der Waals surface area (Å²) in [6.45, 7) is 2.82. The van der Waals surface area contributed by atoms with Gasteiger partial charge in [-0.05, 0) is 18.4 Å². The third-order valence-electron chi connectivity index (χ3n) is 2.77. The van der Waals surface area contributed by atoms with Crippen molar-refractivity contribution < 1.29 is 4.74 Å². The number of ether oxygens (including phenoxy) is 1. The topological polar surface area (TPSA) is 21.3 Å². The molecule has 1 unspecified atom stereocenters. The molecule has 1 aromatic carbocycles. The lowest BCUT2D eigenvalue weighted by molar-refractivity contribution is 0.111. The zero-order valence-electron chi connectivity index (χ0n) is 9.97. The van der Waals surface area contributed by atoms with E-state index in [1.165, 1.54) is 18.4 Å². The van der Waals surface area contributed by atoms with Crippen molar-refractivity contribution in [2.75, 3.05) is 19.7 Å². The average Bonchev–Trinajstić information content (AvgIpc) is 2.83. The Bertz CT molecular complexity index is 320. The molecule has 94 valence electrons. The Balaban J connectivity index is 0.00000144. The van der Waals surface area contributed by atoms with Gasteiger partial charge in [0.15, 0.2) is 0 Å². The SMILES string of the molecule is C(=C\c1ccccc1)/CNCC1CCCO1.Cl. The molecule has 1 fully saturated rings. The smallest absolute Gasteiger partial charge is 0.0700 e. The van der Waals surface area contributed by atoms with E-state index in [1.807, 2.05) is 6.07 Å². The van der Waals surface area contributed by atoms with E-state index in [0.717, 1.165) is 19.7 Å². The Morgan fingerprint density at radius 2 is 2.12 bits per heavy atom. The largest absolute Gasteiger partial charge is 0.377 e. The van der Waals surface area contributed by atoms with Gasteiger partial charge in [-0.3, -0.25) is 0 Å². The van der Waals surface area contributed by atoms with Crippen LogP contribution in [0.2, 0.25) is 0 Å². The Labute approximate surface area is 109 Å². The molecule has 0 spiro atoms. The summed E-state index contributed by atoms with van der Waals surface area (Å²) < 4.78 is 5.53. The van der Waals surface area contributed by atoms with E-state index >= 15 is 0 Å². The number of nitrogens with one attached hydrogen (secondary N) is 1. The van der Waals surface area contributed by atoms with Gasteiger partial charge in [-0.1, -0.05) is 42.5 Å². The van der Waals surface area contributed by atoms with Crippen LogP contribution in [0, 0.1) is 0 Å². The molecule has 0 aromatic heterocycles. The number of rotatable bonds is 5. The molecule has 1 heterocycles. The molecule has 0 aliphatic carbocycles. The molecule has 1 N–H and O–H groups in total. The van der Waals surface area contributed by atoms with E-state index < -0.39 is 0 Å². The fraction of sp³-hybridized carbons (Fsp3) is 0.429. The number of benzene rings is 1. The first-order chi connectivity index (χ1) is 7.95. The Morgan fingerprint density at radius 1 is 1.29 bits per heavy atom. The quantitative estimate of drug-likeness (QED) is 0.815. The van der Waals surface area contributed by atoms with Crippen LogP contribution < -0.4 is 5.32 Å². The molecule has 1 aromatic rings. The van der Waals surface area contributed by atoms with E-state index in [-0.39, 0.29) is 12.4 Å². The molecule has 1 aliphatic heterocycles. The number of hydrogen-bond donors (Lipinski definition) is 1. The van der Waals surface area contributed by atoms with Crippen molar-refractivity contribution in [2.24, 2.45) is 0 Å². The van der Waals surface area contributed by atoms with Crippen LogP contribution in [0.15, 0.2) is 36.4 Å². The van der Waals surface area contributed by atoms with Gasteiger partial charge >= 0.3 is 0 Å². The third kappa shape index (κ3) is 5.35. The molecule has 0 saturated carbocycles. The second-order valence-corrected chi connectivity index (χ2v) is 4.11. The first kappa shape index (κ1) is 14.2. The molecule has 0 radical (unpaired) electrons. The molecular formula is C14H20ClNO. The summed E-state index contributed by atoms with van der Waals surface area (Å²) in [4.78, 5) is 0. The highest BCUT2D eigenvalue weighted by Crippen LogP contribution is 2.10. The summed E-state index contributed by atoms with van der Waals surface area (Å²) >= 11 is 0. The number of halogens is 1. The van der Waals surface area contributed by atoms with Crippen molar-refractivity contribution in [1.82, 2.24) is 5.32 Å². The highest BCUT2D eigenvalue weighted by atomic mass is 35.5. The van der Waals surface area contributed by atoms with Crippen molar-refractivity contribution in [2.45, 2.75) is 18.9 Å². The highest BCUT2D eigenvalue weighted by Gasteiger charge is 2.13. The van der Waals surface area contributed by atoms with Gasteiger partial charge in [0.25, 0.3) is 0 Å². The van der Waals surface area contributed by atoms with Crippen LogP contribution in [-0.4, -0.2) is 25.8 Å². The van der Waals surface area contributed by atoms with Crippen molar-refractivity contribution >= 4 is 18.5 Å². The standard InChI is InChI=1S/C14H19NO.ClH/c1-2-6-13(7-3-1)8-4-10-15-12-14-9-5-11-16-14;/h1-4,6-8,14-15H,5,9-12H2;1H/b8-4+;. The zero-order valence-corrected chi connectivity index (χ0v) is 10.8. The monoisotopic (exact) mass is 253 g/mol. The Morgan fingerprint density at radius 3 is 2.82 bits per heavy atom. The van der Waals surface area contributed by atoms with Crippen LogP contribution in [0.4, 0.5) is 0 Å². The van der Waals surface area contributed by atoms with Crippen molar-refractivity contribution in [3.63, 3.8) is 0 Å². The summed E-state index contributed by atoms with van der Waals surface area (Å²) in [7, 11) is 0. The fourth-order valence-electron chi connectivity index (χ4n) is 1.89. The zero-order chi connectivity index (χ0) is 11.1. The summed E-state index contributed by atoms with van der Waals surface area (Å²) in [5, 5.41) is 3.39. The van der Waals surface area contributed by atoms with Gasteiger partial charge in [-0.25, -0.2) is 0 Å². The minimum Gasteiger partial charge on any atom is -0.377 e. The highest BCUT2D eigenvalue weighted by molar-refractivity contribution is 5.85. The van der Waals surface area contributed by atoms with Gasteiger partial charge < -0.3 is 10.1 Å².